The third-order valence-corrected chi connectivity index (χ3v) is 5.87. The van der Waals surface area contributed by atoms with E-state index in [2.05, 4.69) is 20.9 Å². The van der Waals surface area contributed by atoms with E-state index in [-0.39, 0.29) is 11.9 Å². The van der Waals surface area contributed by atoms with Crippen LogP contribution in [0.5, 0.6) is 0 Å². The molecule has 2 aromatic carbocycles. The van der Waals surface area contributed by atoms with Gasteiger partial charge >= 0.3 is 0 Å². The molecule has 1 aliphatic heterocycles. The number of benzene rings is 2. The number of carbonyl (C=O) groups excluding carboxylic acids is 1. The fraction of sp³-hybridized carbons (Fsp3) is 0.130. The highest BCUT2D eigenvalue weighted by atomic mass is 79.9. The van der Waals surface area contributed by atoms with E-state index in [9.17, 15) is 4.79 Å². The lowest BCUT2D eigenvalue weighted by molar-refractivity contribution is -0.123. The van der Waals surface area contributed by atoms with Crippen molar-refractivity contribution in [1.82, 2.24) is 4.90 Å². The predicted molar refractivity (Wildman–Crippen MR) is 123 cm³/mol. The Morgan fingerprint density at radius 2 is 1.76 bits per heavy atom. The topological polar surface area (TPSA) is 45.8 Å². The molecule has 1 saturated heterocycles. The molecule has 0 aliphatic carbocycles. The van der Waals surface area contributed by atoms with E-state index in [0.717, 1.165) is 21.5 Å². The van der Waals surface area contributed by atoms with E-state index < -0.39 is 0 Å². The van der Waals surface area contributed by atoms with Crippen molar-refractivity contribution in [1.29, 1.82) is 0 Å². The van der Waals surface area contributed by atoms with Crippen LogP contribution in [0.15, 0.2) is 85.5 Å². The summed E-state index contributed by atoms with van der Waals surface area (Å²) >= 11 is 4.81. The minimum atomic E-state index is -0.0544. The molecular formula is C23H19BrN2O2S. The Labute approximate surface area is 182 Å². The summed E-state index contributed by atoms with van der Waals surface area (Å²) in [6.45, 7) is 3.97. The Bertz CT molecular complexity index is 1090. The Kier molecular flexibility index (Phi) is 5.74. The summed E-state index contributed by atoms with van der Waals surface area (Å²) in [4.78, 5) is 20.0. The van der Waals surface area contributed by atoms with E-state index >= 15 is 0 Å². The molecule has 29 heavy (non-hydrogen) atoms. The molecule has 1 aromatic heterocycles. The maximum Gasteiger partial charge on any atom is 0.267 e. The molecule has 1 fully saturated rings. The summed E-state index contributed by atoms with van der Waals surface area (Å²) in [6.07, 6.45) is 1.79. The minimum absolute atomic E-state index is 0.0123. The average Bonchev–Trinajstić information content (AvgIpc) is 3.28. The SMILES string of the molecule is CC(C)N1C(=O)/C(=C\c2ccc(-c3ccc(Br)cc3)o2)SC1=Nc1ccccc1. The first kappa shape index (κ1) is 19.7. The summed E-state index contributed by atoms with van der Waals surface area (Å²) in [5.74, 6) is 1.35. The van der Waals surface area contributed by atoms with Gasteiger partial charge in [-0.1, -0.05) is 46.3 Å². The third-order valence-electron chi connectivity index (χ3n) is 4.36. The van der Waals surface area contributed by atoms with Gasteiger partial charge in [0.2, 0.25) is 0 Å². The number of furan rings is 1. The molecule has 6 heteroatoms. The van der Waals surface area contributed by atoms with Crippen molar-refractivity contribution in [2.75, 3.05) is 0 Å². The van der Waals surface area contributed by atoms with Gasteiger partial charge in [-0.15, -0.1) is 0 Å². The van der Waals surface area contributed by atoms with E-state index in [1.165, 1.54) is 11.8 Å². The van der Waals surface area contributed by atoms with E-state index in [4.69, 9.17) is 4.42 Å². The first-order valence-electron chi connectivity index (χ1n) is 9.24. The van der Waals surface area contributed by atoms with Crippen molar-refractivity contribution in [3.63, 3.8) is 0 Å². The third kappa shape index (κ3) is 4.38. The molecule has 2 heterocycles. The molecule has 0 bridgehead atoms. The number of nitrogens with zero attached hydrogens (tertiary/aromatic N) is 2. The van der Waals surface area contributed by atoms with Gasteiger partial charge in [0.15, 0.2) is 5.17 Å². The second kappa shape index (κ2) is 8.43. The number of carbonyl (C=O) groups is 1. The van der Waals surface area contributed by atoms with Crippen molar-refractivity contribution in [2.45, 2.75) is 19.9 Å². The zero-order chi connectivity index (χ0) is 20.4. The summed E-state index contributed by atoms with van der Waals surface area (Å²) in [6, 6.07) is 21.4. The van der Waals surface area contributed by atoms with Crippen LogP contribution < -0.4 is 0 Å². The van der Waals surface area contributed by atoms with Gasteiger partial charge in [-0.3, -0.25) is 9.69 Å². The number of rotatable bonds is 4. The number of thioether (sulfide) groups is 1. The Balaban J connectivity index is 1.63. The average molecular weight is 467 g/mol. The van der Waals surface area contributed by atoms with Gasteiger partial charge in [-0.05, 0) is 62.0 Å². The van der Waals surface area contributed by atoms with Crippen LogP contribution in [-0.2, 0) is 4.79 Å². The number of hydrogen-bond acceptors (Lipinski definition) is 4. The fourth-order valence-electron chi connectivity index (χ4n) is 2.96. The smallest absolute Gasteiger partial charge is 0.267 e. The predicted octanol–water partition coefficient (Wildman–Crippen LogP) is 6.72. The highest BCUT2D eigenvalue weighted by Crippen LogP contribution is 2.36. The molecule has 4 rings (SSSR count). The molecule has 0 saturated carbocycles. The quantitative estimate of drug-likeness (QED) is 0.400. The largest absolute Gasteiger partial charge is 0.457 e. The lowest BCUT2D eigenvalue weighted by atomic mass is 10.2. The number of hydrogen-bond donors (Lipinski definition) is 0. The van der Waals surface area contributed by atoms with E-state index in [1.807, 2.05) is 80.6 Å². The molecule has 146 valence electrons. The molecule has 3 aromatic rings. The minimum Gasteiger partial charge on any atom is -0.457 e. The summed E-state index contributed by atoms with van der Waals surface area (Å²) in [5, 5.41) is 0.683. The van der Waals surface area contributed by atoms with Gasteiger partial charge < -0.3 is 4.42 Å². The second-order valence-electron chi connectivity index (χ2n) is 6.82. The summed E-state index contributed by atoms with van der Waals surface area (Å²) < 4.78 is 6.97. The fourth-order valence-corrected chi connectivity index (χ4v) is 4.33. The first-order chi connectivity index (χ1) is 14.0. The van der Waals surface area contributed by atoms with Gasteiger partial charge in [0.05, 0.1) is 10.6 Å². The first-order valence-corrected chi connectivity index (χ1v) is 10.8. The van der Waals surface area contributed by atoms with Gasteiger partial charge in [0.25, 0.3) is 5.91 Å². The van der Waals surface area contributed by atoms with Crippen LogP contribution in [0.3, 0.4) is 0 Å². The van der Waals surface area contributed by atoms with Gasteiger partial charge in [0, 0.05) is 22.2 Å². The molecule has 0 radical (unpaired) electrons. The maximum absolute atomic E-state index is 13.0. The molecule has 0 atom stereocenters. The van der Waals surface area contributed by atoms with Crippen LogP contribution in [0.25, 0.3) is 17.4 Å². The summed E-state index contributed by atoms with van der Waals surface area (Å²) in [7, 11) is 0. The molecule has 1 aliphatic rings. The lowest BCUT2D eigenvalue weighted by Gasteiger charge is -2.19. The second-order valence-corrected chi connectivity index (χ2v) is 8.74. The number of aliphatic imine (C=N–C) groups is 1. The number of amides is 1. The van der Waals surface area contributed by atoms with Crippen molar-refractivity contribution < 1.29 is 9.21 Å². The van der Waals surface area contributed by atoms with Gasteiger partial charge in [-0.2, -0.15) is 0 Å². The van der Waals surface area contributed by atoms with Gasteiger partial charge in [-0.25, -0.2) is 4.99 Å². The number of halogens is 1. The molecule has 1 amide bonds. The maximum atomic E-state index is 13.0. The molecule has 4 nitrogen and oxygen atoms in total. The van der Waals surface area contributed by atoms with Crippen molar-refractivity contribution in [2.24, 2.45) is 4.99 Å². The van der Waals surface area contributed by atoms with Crippen LogP contribution in [0.2, 0.25) is 0 Å². The summed E-state index contributed by atoms with van der Waals surface area (Å²) in [5.41, 5.74) is 1.81. The molecule has 0 N–H and O–H groups in total. The Hall–Kier alpha value is -2.57. The molecule has 0 spiro atoms. The number of para-hydroxylation sites is 1. The van der Waals surface area contributed by atoms with Crippen LogP contribution >= 0.6 is 27.7 Å². The highest BCUT2D eigenvalue weighted by molar-refractivity contribution is 9.10. The van der Waals surface area contributed by atoms with Crippen LogP contribution in [0, 0.1) is 0 Å². The zero-order valence-electron chi connectivity index (χ0n) is 16.0. The Morgan fingerprint density at radius 3 is 2.45 bits per heavy atom. The highest BCUT2D eigenvalue weighted by Gasteiger charge is 2.35. The molecular weight excluding hydrogens is 448 g/mol. The zero-order valence-corrected chi connectivity index (χ0v) is 18.4. The number of amidine groups is 1. The molecule has 0 unspecified atom stereocenters. The van der Waals surface area contributed by atoms with Crippen molar-refractivity contribution in [3.05, 3.63) is 81.9 Å². The van der Waals surface area contributed by atoms with Crippen LogP contribution in [0.1, 0.15) is 19.6 Å². The normalized spacial score (nSPS) is 17.1. The Morgan fingerprint density at radius 1 is 1.03 bits per heavy atom. The van der Waals surface area contributed by atoms with Gasteiger partial charge in [0.1, 0.15) is 11.5 Å². The van der Waals surface area contributed by atoms with E-state index in [1.54, 1.807) is 11.0 Å². The van der Waals surface area contributed by atoms with Crippen molar-refractivity contribution in [3.8, 4) is 11.3 Å². The van der Waals surface area contributed by atoms with Crippen LogP contribution in [-0.4, -0.2) is 22.0 Å². The van der Waals surface area contributed by atoms with Crippen LogP contribution in [0.4, 0.5) is 5.69 Å². The lowest BCUT2D eigenvalue weighted by Crippen LogP contribution is -2.35. The van der Waals surface area contributed by atoms with Crippen molar-refractivity contribution >= 4 is 50.5 Å². The standard InChI is InChI=1S/C23H19BrN2O2S/c1-15(2)26-22(27)21(29-23(26)25-18-6-4-3-5-7-18)14-19-12-13-20(28-19)16-8-10-17(24)11-9-16/h3-15H,1-2H3/b21-14+,25-23?. The monoisotopic (exact) mass is 466 g/mol. The van der Waals surface area contributed by atoms with E-state index in [0.29, 0.717) is 15.8 Å².